The highest BCUT2D eigenvalue weighted by Crippen LogP contribution is 2.35. The number of benzene rings is 2. The lowest BCUT2D eigenvalue weighted by molar-refractivity contribution is -0.131. The summed E-state index contributed by atoms with van der Waals surface area (Å²) in [5.74, 6) is 0.749. The molecule has 2 aromatic carbocycles. The molecule has 206 valence electrons. The van der Waals surface area contributed by atoms with Crippen molar-refractivity contribution in [1.29, 1.82) is 0 Å². The number of carbonyl (C=O) groups is 1. The molecule has 0 aliphatic carbocycles. The molecule has 0 atom stereocenters. The van der Waals surface area contributed by atoms with Crippen molar-refractivity contribution >= 4 is 13.7 Å². The summed E-state index contributed by atoms with van der Waals surface area (Å²) >= 11 is 0. The Labute approximate surface area is 222 Å². The summed E-state index contributed by atoms with van der Waals surface area (Å²) in [5.41, 5.74) is 2.12. The van der Waals surface area contributed by atoms with E-state index in [4.69, 9.17) is 14.5 Å². The van der Waals surface area contributed by atoms with Crippen LogP contribution >= 0.6 is 7.82 Å². The van der Waals surface area contributed by atoms with E-state index in [1.807, 2.05) is 54.6 Å². The quantitative estimate of drug-likeness (QED) is 0.153. The molecule has 0 saturated heterocycles. The summed E-state index contributed by atoms with van der Waals surface area (Å²) < 4.78 is 21.6. The number of ether oxygens (including phenoxy) is 1. The second kappa shape index (κ2) is 18.1. The molecule has 2 rings (SSSR count). The van der Waals surface area contributed by atoms with Crippen molar-refractivity contribution in [3.8, 4) is 5.75 Å². The zero-order chi connectivity index (χ0) is 26.8. The van der Waals surface area contributed by atoms with Crippen molar-refractivity contribution in [3.05, 3.63) is 65.7 Å². The smallest absolute Gasteiger partial charge is 0.469 e. The van der Waals surface area contributed by atoms with Crippen LogP contribution in [0, 0.1) is 0 Å². The summed E-state index contributed by atoms with van der Waals surface area (Å²) in [7, 11) is -4.57. The minimum Gasteiger partial charge on any atom is -0.494 e. The van der Waals surface area contributed by atoms with Crippen LogP contribution in [0.25, 0.3) is 0 Å². The summed E-state index contributed by atoms with van der Waals surface area (Å²) in [5, 5.41) is 0. The van der Waals surface area contributed by atoms with Crippen LogP contribution in [0.3, 0.4) is 0 Å². The number of aryl methyl sites for hydroxylation is 1. The molecule has 0 unspecified atom stereocenters. The molecule has 7 nitrogen and oxygen atoms in total. The molecule has 0 radical (unpaired) electrons. The number of nitrogens with zero attached hydrogens (tertiary/aromatic N) is 1. The Morgan fingerprint density at radius 1 is 0.811 bits per heavy atom. The minimum atomic E-state index is -4.57. The highest BCUT2D eigenvalue weighted by Gasteiger charge is 2.18. The highest BCUT2D eigenvalue weighted by atomic mass is 31.2. The number of unbranched alkanes of at least 4 members (excludes halogenated alkanes) is 7. The van der Waals surface area contributed by atoms with Gasteiger partial charge in [0.2, 0.25) is 5.91 Å². The van der Waals surface area contributed by atoms with E-state index in [1.165, 1.54) is 44.9 Å². The first-order chi connectivity index (χ1) is 17.9. The van der Waals surface area contributed by atoms with Crippen molar-refractivity contribution in [1.82, 2.24) is 4.90 Å². The van der Waals surface area contributed by atoms with Crippen molar-refractivity contribution in [2.45, 2.75) is 77.6 Å². The van der Waals surface area contributed by atoms with Crippen molar-refractivity contribution in [2.75, 3.05) is 26.3 Å². The maximum Gasteiger partial charge on any atom is 0.469 e. The topological polar surface area (TPSA) is 96.3 Å². The summed E-state index contributed by atoms with van der Waals surface area (Å²) in [6.45, 7) is 3.30. The first-order valence-electron chi connectivity index (χ1n) is 13.6. The number of amides is 1. The molecule has 0 bridgehead atoms. The fraction of sp³-hybridized carbons (Fsp3) is 0.552. The lowest BCUT2D eigenvalue weighted by Crippen LogP contribution is -2.35. The summed E-state index contributed by atoms with van der Waals surface area (Å²) in [6, 6.07) is 17.7. The molecule has 0 spiro atoms. The third-order valence-corrected chi connectivity index (χ3v) is 6.80. The molecule has 0 saturated carbocycles. The van der Waals surface area contributed by atoms with Gasteiger partial charge in [0.05, 0.1) is 13.2 Å². The first kappa shape index (κ1) is 31.0. The van der Waals surface area contributed by atoms with Crippen LogP contribution in [0.4, 0.5) is 0 Å². The average Bonchev–Trinajstić information content (AvgIpc) is 2.88. The zero-order valence-electron chi connectivity index (χ0n) is 22.2. The molecule has 0 fully saturated rings. The molecule has 0 aliphatic rings. The van der Waals surface area contributed by atoms with Gasteiger partial charge in [-0.3, -0.25) is 9.32 Å². The van der Waals surface area contributed by atoms with Crippen LogP contribution in [0.1, 0.15) is 75.8 Å². The third kappa shape index (κ3) is 15.0. The number of hydrogen-bond acceptors (Lipinski definition) is 4. The van der Waals surface area contributed by atoms with Gasteiger partial charge in [-0.1, -0.05) is 94.3 Å². The Morgan fingerprint density at radius 2 is 1.49 bits per heavy atom. The van der Waals surface area contributed by atoms with Gasteiger partial charge in [-0.2, -0.15) is 0 Å². The number of rotatable bonds is 20. The van der Waals surface area contributed by atoms with E-state index in [9.17, 15) is 9.36 Å². The van der Waals surface area contributed by atoms with Gasteiger partial charge in [0, 0.05) is 19.5 Å². The minimum absolute atomic E-state index is 0.0736. The Kier molecular flexibility index (Phi) is 15.2. The number of carbonyl (C=O) groups excluding carboxylic acids is 1. The molecule has 8 heteroatoms. The number of hydrogen-bond donors (Lipinski definition) is 2. The lowest BCUT2D eigenvalue weighted by Gasteiger charge is -2.23. The Morgan fingerprint density at radius 3 is 2.19 bits per heavy atom. The Hall–Kier alpha value is -2.18. The Bertz CT molecular complexity index is 933. The molecular formula is C29H44NO6P. The molecule has 37 heavy (non-hydrogen) atoms. The van der Waals surface area contributed by atoms with Gasteiger partial charge in [0.15, 0.2) is 0 Å². The number of phosphoric ester groups is 1. The first-order valence-corrected chi connectivity index (χ1v) is 15.1. The maximum atomic E-state index is 13.0. The molecule has 2 N–H and O–H groups in total. The maximum absolute atomic E-state index is 13.0. The molecule has 0 aromatic heterocycles. The van der Waals surface area contributed by atoms with E-state index in [0.29, 0.717) is 32.4 Å². The van der Waals surface area contributed by atoms with Crippen molar-refractivity contribution in [2.24, 2.45) is 0 Å². The van der Waals surface area contributed by atoms with Gasteiger partial charge >= 0.3 is 7.82 Å². The monoisotopic (exact) mass is 533 g/mol. The van der Waals surface area contributed by atoms with E-state index in [-0.39, 0.29) is 19.1 Å². The zero-order valence-corrected chi connectivity index (χ0v) is 23.1. The van der Waals surface area contributed by atoms with Gasteiger partial charge in [-0.25, -0.2) is 4.57 Å². The number of phosphoric acid groups is 1. The summed E-state index contributed by atoms with van der Waals surface area (Å²) in [4.78, 5) is 32.5. The SMILES string of the molecule is CCCCCCCCCCOc1cccc(CCC(=O)N(CCOP(=O)(O)O)CCc2ccccc2)c1. The fourth-order valence-corrected chi connectivity index (χ4v) is 4.49. The van der Waals surface area contributed by atoms with E-state index in [1.54, 1.807) is 4.90 Å². The van der Waals surface area contributed by atoms with Crippen molar-refractivity contribution < 1.29 is 28.4 Å². The average molecular weight is 534 g/mol. The predicted octanol–water partition coefficient (Wildman–Crippen LogP) is 6.32. The van der Waals surface area contributed by atoms with Gasteiger partial charge in [-0.15, -0.1) is 0 Å². The molecule has 1 amide bonds. The van der Waals surface area contributed by atoms with Crippen LogP contribution in [0.2, 0.25) is 0 Å². The van der Waals surface area contributed by atoms with Crippen molar-refractivity contribution in [3.63, 3.8) is 0 Å². The van der Waals surface area contributed by atoms with Crippen LogP contribution in [0.5, 0.6) is 5.75 Å². The Balaban J connectivity index is 1.77. The second-order valence-electron chi connectivity index (χ2n) is 9.41. The van der Waals surface area contributed by atoms with Crippen LogP contribution < -0.4 is 4.74 Å². The van der Waals surface area contributed by atoms with Crippen LogP contribution in [-0.2, 0) is 26.7 Å². The van der Waals surface area contributed by atoms with E-state index < -0.39 is 7.82 Å². The molecule has 0 heterocycles. The van der Waals surface area contributed by atoms with Crippen LogP contribution in [-0.4, -0.2) is 46.9 Å². The lowest BCUT2D eigenvalue weighted by atomic mass is 10.1. The summed E-state index contributed by atoms with van der Waals surface area (Å²) in [6.07, 6.45) is 11.6. The molecular weight excluding hydrogens is 489 g/mol. The fourth-order valence-electron chi connectivity index (χ4n) is 4.17. The van der Waals surface area contributed by atoms with Gasteiger partial charge in [0.1, 0.15) is 5.75 Å². The highest BCUT2D eigenvalue weighted by molar-refractivity contribution is 7.46. The van der Waals surface area contributed by atoms with E-state index in [2.05, 4.69) is 11.4 Å². The molecule has 2 aromatic rings. The van der Waals surface area contributed by atoms with Gasteiger partial charge in [-0.05, 0) is 42.5 Å². The predicted molar refractivity (Wildman–Crippen MR) is 148 cm³/mol. The molecule has 0 aliphatic heterocycles. The standard InChI is InChI=1S/C29H44NO6P/c1-2-3-4-5-6-7-8-12-23-35-28-17-13-16-27(25-28)18-19-29(31)30(22-24-36-37(32,33)34)21-20-26-14-10-9-11-15-26/h9-11,13-17,25H,2-8,12,18-24H2,1H3,(H2,32,33,34). The van der Waals surface area contributed by atoms with Crippen LogP contribution in [0.15, 0.2) is 54.6 Å². The third-order valence-electron chi connectivity index (χ3n) is 6.28. The van der Waals surface area contributed by atoms with E-state index in [0.717, 1.165) is 23.3 Å². The largest absolute Gasteiger partial charge is 0.494 e. The van der Waals surface area contributed by atoms with Gasteiger partial charge < -0.3 is 19.4 Å². The second-order valence-corrected chi connectivity index (χ2v) is 10.7. The van der Waals surface area contributed by atoms with E-state index >= 15 is 0 Å². The van der Waals surface area contributed by atoms with Gasteiger partial charge in [0.25, 0.3) is 0 Å². The normalized spacial score (nSPS) is 11.4.